The van der Waals surface area contributed by atoms with Gasteiger partial charge in [0.1, 0.15) is 0 Å². The van der Waals surface area contributed by atoms with Crippen LogP contribution in [0.1, 0.15) is 21.5 Å². The van der Waals surface area contributed by atoms with E-state index in [0.29, 0.717) is 11.3 Å². The third-order valence-electron chi connectivity index (χ3n) is 3.61. The molecule has 0 saturated heterocycles. The van der Waals surface area contributed by atoms with Crippen molar-refractivity contribution in [1.82, 2.24) is 0 Å². The molecule has 0 saturated carbocycles. The van der Waals surface area contributed by atoms with Gasteiger partial charge in [-0.05, 0) is 43.2 Å². The van der Waals surface area contributed by atoms with Crippen LogP contribution in [0.3, 0.4) is 0 Å². The van der Waals surface area contributed by atoms with Crippen molar-refractivity contribution in [2.24, 2.45) is 0 Å². The number of nitrogens with one attached hydrogen (secondary N) is 1. The van der Waals surface area contributed by atoms with E-state index in [1.807, 2.05) is 19.1 Å². The summed E-state index contributed by atoms with van der Waals surface area (Å²) in [5.41, 5.74) is 2.21. The number of ether oxygens (including phenoxy) is 1. The molecule has 6 nitrogen and oxygen atoms in total. The lowest BCUT2D eigenvalue weighted by atomic mass is 10.1. The molecule has 0 fully saturated rings. The third kappa shape index (κ3) is 4.90. The molecule has 0 aliphatic carbocycles. The van der Waals surface area contributed by atoms with Crippen LogP contribution in [0.2, 0.25) is 0 Å². The zero-order valence-corrected chi connectivity index (χ0v) is 15.0. The van der Waals surface area contributed by atoms with Gasteiger partial charge in [0, 0.05) is 11.9 Å². The Bertz CT molecular complexity index is 919. The first-order valence-corrected chi connectivity index (χ1v) is 9.41. The number of hydrogen-bond donors (Lipinski definition) is 1. The van der Waals surface area contributed by atoms with Crippen molar-refractivity contribution in [3.05, 3.63) is 59.2 Å². The molecule has 2 rings (SSSR count). The van der Waals surface area contributed by atoms with Crippen LogP contribution >= 0.6 is 0 Å². The van der Waals surface area contributed by atoms with Gasteiger partial charge >= 0.3 is 5.97 Å². The molecule has 0 bridgehead atoms. The van der Waals surface area contributed by atoms with E-state index in [2.05, 4.69) is 5.32 Å². The van der Waals surface area contributed by atoms with E-state index in [9.17, 15) is 18.0 Å². The monoisotopic (exact) mass is 361 g/mol. The van der Waals surface area contributed by atoms with Gasteiger partial charge < -0.3 is 10.1 Å². The maximum Gasteiger partial charge on any atom is 0.338 e. The van der Waals surface area contributed by atoms with Crippen molar-refractivity contribution in [3.8, 4) is 0 Å². The average Bonchev–Trinajstić information content (AvgIpc) is 2.54. The molecule has 0 aliphatic heterocycles. The summed E-state index contributed by atoms with van der Waals surface area (Å²) in [6.45, 7) is 3.05. The number of hydrogen-bond acceptors (Lipinski definition) is 5. The van der Waals surface area contributed by atoms with Crippen molar-refractivity contribution in [2.45, 2.75) is 18.7 Å². The lowest BCUT2D eigenvalue weighted by Gasteiger charge is -2.10. The molecule has 0 radical (unpaired) electrons. The van der Waals surface area contributed by atoms with Gasteiger partial charge in [0.2, 0.25) is 0 Å². The number of carbonyl (C=O) groups is 2. The predicted octanol–water partition coefficient (Wildman–Crippen LogP) is 2.50. The smallest absolute Gasteiger partial charge is 0.338 e. The number of carbonyl (C=O) groups excluding carboxylic acids is 2. The SMILES string of the molecule is Cc1ccccc1NC(=O)COC(=O)c1cc(S(C)(=O)=O)ccc1C. The lowest BCUT2D eigenvalue weighted by Crippen LogP contribution is -2.21. The fraction of sp³-hybridized carbons (Fsp3) is 0.222. The van der Waals surface area contributed by atoms with E-state index in [4.69, 9.17) is 4.74 Å². The van der Waals surface area contributed by atoms with E-state index >= 15 is 0 Å². The number of anilines is 1. The summed E-state index contributed by atoms with van der Waals surface area (Å²) in [6, 6.07) is 11.4. The largest absolute Gasteiger partial charge is 0.452 e. The second-order valence-electron chi connectivity index (χ2n) is 5.69. The summed E-state index contributed by atoms with van der Waals surface area (Å²) in [4.78, 5) is 24.1. The first-order chi connectivity index (χ1) is 11.7. The Balaban J connectivity index is 2.05. The van der Waals surface area contributed by atoms with Crippen LogP contribution in [-0.4, -0.2) is 33.2 Å². The molecule has 132 valence electrons. The second-order valence-corrected chi connectivity index (χ2v) is 7.70. The molecule has 25 heavy (non-hydrogen) atoms. The Kier molecular flexibility index (Phi) is 5.58. The molecule has 2 aromatic carbocycles. The first-order valence-electron chi connectivity index (χ1n) is 7.52. The summed E-state index contributed by atoms with van der Waals surface area (Å²) in [5, 5.41) is 2.66. The number of para-hydroxylation sites is 1. The highest BCUT2D eigenvalue weighted by Gasteiger charge is 2.17. The molecule has 2 aromatic rings. The number of aryl methyl sites for hydroxylation is 2. The number of sulfone groups is 1. The standard InChI is InChI=1S/C18H19NO5S/c1-12-8-9-14(25(3,22)23)10-15(12)18(21)24-11-17(20)19-16-7-5-4-6-13(16)2/h4-10H,11H2,1-3H3,(H,19,20). The topological polar surface area (TPSA) is 89.5 Å². The molecule has 0 aliphatic rings. The molecular weight excluding hydrogens is 342 g/mol. The minimum Gasteiger partial charge on any atom is -0.452 e. The van der Waals surface area contributed by atoms with Gasteiger partial charge in [0.05, 0.1) is 10.5 Å². The summed E-state index contributed by atoms with van der Waals surface area (Å²) < 4.78 is 28.2. The normalized spacial score (nSPS) is 11.0. The van der Waals surface area contributed by atoms with Gasteiger partial charge in [0.15, 0.2) is 16.4 Å². The zero-order valence-electron chi connectivity index (χ0n) is 14.2. The molecular formula is C18H19NO5S. The van der Waals surface area contributed by atoms with E-state index in [1.54, 1.807) is 19.1 Å². The van der Waals surface area contributed by atoms with Crippen molar-refractivity contribution >= 4 is 27.4 Å². The molecule has 1 amide bonds. The maximum atomic E-state index is 12.2. The number of rotatable bonds is 5. The van der Waals surface area contributed by atoms with Gasteiger partial charge in [-0.15, -0.1) is 0 Å². The van der Waals surface area contributed by atoms with Crippen LogP contribution in [0.25, 0.3) is 0 Å². The quantitative estimate of drug-likeness (QED) is 0.827. The van der Waals surface area contributed by atoms with Crippen molar-refractivity contribution in [3.63, 3.8) is 0 Å². The Morgan fingerprint density at radius 3 is 2.36 bits per heavy atom. The Hall–Kier alpha value is -2.67. The third-order valence-corrected chi connectivity index (χ3v) is 4.72. The summed E-state index contributed by atoms with van der Waals surface area (Å²) in [7, 11) is -3.44. The molecule has 0 aromatic heterocycles. The fourth-order valence-electron chi connectivity index (χ4n) is 2.16. The zero-order chi connectivity index (χ0) is 18.6. The van der Waals surface area contributed by atoms with E-state index in [0.717, 1.165) is 11.8 Å². The molecule has 0 heterocycles. The number of benzene rings is 2. The van der Waals surface area contributed by atoms with Crippen LogP contribution < -0.4 is 5.32 Å². The maximum absolute atomic E-state index is 12.2. The van der Waals surface area contributed by atoms with E-state index in [1.165, 1.54) is 18.2 Å². The lowest BCUT2D eigenvalue weighted by molar-refractivity contribution is -0.119. The second kappa shape index (κ2) is 7.48. The van der Waals surface area contributed by atoms with Crippen molar-refractivity contribution < 1.29 is 22.7 Å². The molecule has 1 N–H and O–H groups in total. The minimum absolute atomic E-state index is 0.0226. The molecule has 0 spiro atoms. The van der Waals surface area contributed by atoms with E-state index < -0.39 is 28.3 Å². The minimum atomic E-state index is -3.44. The van der Waals surface area contributed by atoms with Crippen molar-refractivity contribution in [1.29, 1.82) is 0 Å². The Labute approximate surface area is 146 Å². The first kappa shape index (κ1) is 18.7. The molecule has 7 heteroatoms. The summed E-state index contributed by atoms with van der Waals surface area (Å²) in [6.07, 6.45) is 1.06. The average molecular weight is 361 g/mol. The van der Waals surface area contributed by atoms with Crippen molar-refractivity contribution in [2.75, 3.05) is 18.2 Å². The summed E-state index contributed by atoms with van der Waals surface area (Å²) in [5.74, 6) is -1.22. The Morgan fingerprint density at radius 2 is 1.72 bits per heavy atom. The number of esters is 1. The predicted molar refractivity (Wildman–Crippen MR) is 94.4 cm³/mol. The highest BCUT2D eigenvalue weighted by Crippen LogP contribution is 2.17. The highest BCUT2D eigenvalue weighted by atomic mass is 32.2. The van der Waals surface area contributed by atoms with Crippen LogP contribution in [-0.2, 0) is 19.4 Å². The van der Waals surface area contributed by atoms with Gasteiger partial charge in [-0.2, -0.15) is 0 Å². The van der Waals surface area contributed by atoms with Crippen LogP contribution in [0.4, 0.5) is 5.69 Å². The summed E-state index contributed by atoms with van der Waals surface area (Å²) >= 11 is 0. The van der Waals surface area contributed by atoms with Crippen LogP contribution in [0.5, 0.6) is 0 Å². The van der Waals surface area contributed by atoms with Gasteiger partial charge in [-0.1, -0.05) is 24.3 Å². The Morgan fingerprint density at radius 1 is 1.04 bits per heavy atom. The molecule has 0 atom stereocenters. The van der Waals surface area contributed by atoms with Gasteiger partial charge in [-0.25, -0.2) is 13.2 Å². The van der Waals surface area contributed by atoms with Crippen LogP contribution in [0, 0.1) is 13.8 Å². The van der Waals surface area contributed by atoms with Crippen LogP contribution in [0.15, 0.2) is 47.4 Å². The fourth-order valence-corrected chi connectivity index (χ4v) is 2.81. The van der Waals surface area contributed by atoms with Gasteiger partial charge in [0.25, 0.3) is 5.91 Å². The number of amides is 1. The highest BCUT2D eigenvalue weighted by molar-refractivity contribution is 7.90. The molecule has 0 unspecified atom stereocenters. The van der Waals surface area contributed by atoms with E-state index in [-0.39, 0.29) is 10.5 Å². The van der Waals surface area contributed by atoms with Gasteiger partial charge in [-0.3, -0.25) is 4.79 Å².